The maximum atomic E-state index is 12.8. The van der Waals surface area contributed by atoms with Crippen molar-refractivity contribution in [3.05, 3.63) is 27.8 Å². The van der Waals surface area contributed by atoms with Crippen molar-refractivity contribution in [2.75, 3.05) is 0 Å². The molecule has 0 spiro atoms. The summed E-state index contributed by atoms with van der Waals surface area (Å²) in [6.07, 6.45) is 2.07. The molecular formula is C23H33IO7. The van der Waals surface area contributed by atoms with E-state index in [1.807, 2.05) is 0 Å². The van der Waals surface area contributed by atoms with Gasteiger partial charge in [-0.05, 0) is 0 Å². The van der Waals surface area contributed by atoms with E-state index in [1.54, 1.807) is 31.2 Å². The van der Waals surface area contributed by atoms with Gasteiger partial charge >= 0.3 is 193 Å². The number of hydrogen-bond donors (Lipinski definition) is 0. The first-order valence-electron chi connectivity index (χ1n) is 10.6. The minimum atomic E-state index is -3.09. The third-order valence-electron chi connectivity index (χ3n) is 5.22. The molecule has 0 bridgehead atoms. The number of esters is 1. The Bertz CT molecular complexity index is 763. The van der Waals surface area contributed by atoms with E-state index < -0.39 is 44.7 Å². The molecule has 4 atom stereocenters. The molecule has 0 radical (unpaired) electrons. The van der Waals surface area contributed by atoms with Crippen LogP contribution < -0.4 is 4.74 Å². The van der Waals surface area contributed by atoms with Crippen molar-refractivity contribution in [1.82, 2.24) is 0 Å². The van der Waals surface area contributed by atoms with Gasteiger partial charge in [-0.2, -0.15) is 0 Å². The number of rotatable bonds is 8. The molecule has 0 N–H and O–H groups in total. The van der Waals surface area contributed by atoms with Crippen molar-refractivity contribution in [3.8, 4) is 5.75 Å². The molecule has 1 aromatic carbocycles. The third-order valence-corrected chi connectivity index (χ3v) is 9.11. The van der Waals surface area contributed by atoms with Crippen LogP contribution >= 0.6 is 20.6 Å². The number of benzene rings is 1. The van der Waals surface area contributed by atoms with E-state index in [9.17, 15) is 14.4 Å². The summed E-state index contributed by atoms with van der Waals surface area (Å²) < 4.78 is 22.8. The van der Waals surface area contributed by atoms with E-state index in [2.05, 4.69) is 20.8 Å². The van der Waals surface area contributed by atoms with Crippen LogP contribution in [-0.4, -0.2) is 30.1 Å². The van der Waals surface area contributed by atoms with E-state index in [0.29, 0.717) is 27.1 Å². The molecular weight excluding hydrogens is 515 g/mol. The fraction of sp³-hybridized carbons (Fsp3) is 0.609. The molecule has 0 aliphatic heterocycles. The zero-order chi connectivity index (χ0) is 23.1. The second-order valence-electron chi connectivity index (χ2n) is 8.35. The molecule has 0 amide bonds. The van der Waals surface area contributed by atoms with Crippen molar-refractivity contribution in [2.45, 2.75) is 73.0 Å². The van der Waals surface area contributed by atoms with Gasteiger partial charge in [-0.3, -0.25) is 0 Å². The van der Waals surface area contributed by atoms with Crippen LogP contribution in [-0.2, 0) is 25.3 Å². The SMILES string of the molecule is CC(=O)OI(OC(C)=O)c1ccccc1O[C@H](C)C(=O)O[C@@H]1C[C@H](C)CC[C@H]1C(C)C. The predicted octanol–water partition coefficient (Wildman–Crippen LogP) is 5.09. The summed E-state index contributed by atoms with van der Waals surface area (Å²) in [5.74, 6) is 0.119. The van der Waals surface area contributed by atoms with Gasteiger partial charge in [0.15, 0.2) is 0 Å². The Balaban J connectivity index is 2.13. The quantitative estimate of drug-likeness (QED) is 0.330. The Hall–Kier alpha value is -1.84. The molecule has 2 rings (SSSR count). The monoisotopic (exact) mass is 548 g/mol. The topological polar surface area (TPSA) is 88.1 Å². The molecule has 174 valence electrons. The van der Waals surface area contributed by atoms with Gasteiger partial charge in [-0.1, -0.05) is 0 Å². The van der Waals surface area contributed by atoms with Crippen LogP contribution in [0.5, 0.6) is 5.75 Å². The van der Waals surface area contributed by atoms with Crippen LogP contribution in [0, 0.1) is 21.3 Å². The van der Waals surface area contributed by atoms with Crippen molar-refractivity contribution >= 4 is 38.6 Å². The maximum absolute atomic E-state index is 12.8. The van der Waals surface area contributed by atoms with Crippen LogP contribution in [0.15, 0.2) is 24.3 Å². The molecule has 7 nitrogen and oxygen atoms in total. The number of hydrogen-bond acceptors (Lipinski definition) is 7. The molecule has 1 aliphatic rings. The Morgan fingerprint density at radius 3 is 2.19 bits per heavy atom. The third kappa shape index (κ3) is 7.66. The number of carbonyl (C=O) groups is 3. The van der Waals surface area contributed by atoms with Gasteiger partial charge in [0.05, 0.1) is 0 Å². The fourth-order valence-corrected chi connectivity index (χ4v) is 6.63. The zero-order valence-electron chi connectivity index (χ0n) is 19.1. The van der Waals surface area contributed by atoms with Crippen LogP contribution in [0.4, 0.5) is 0 Å². The van der Waals surface area contributed by atoms with E-state index in [1.165, 1.54) is 13.8 Å². The Morgan fingerprint density at radius 2 is 1.61 bits per heavy atom. The van der Waals surface area contributed by atoms with Crippen molar-refractivity contribution < 1.29 is 30.0 Å². The normalized spacial score (nSPS) is 22.3. The zero-order valence-corrected chi connectivity index (χ0v) is 21.2. The van der Waals surface area contributed by atoms with Gasteiger partial charge in [-0.15, -0.1) is 0 Å². The number of halogens is 1. The summed E-state index contributed by atoms with van der Waals surface area (Å²) >= 11 is -3.09. The summed E-state index contributed by atoms with van der Waals surface area (Å²) in [6.45, 7) is 10.6. The first-order chi connectivity index (χ1) is 14.6. The molecule has 0 unspecified atom stereocenters. The Labute approximate surface area is 192 Å². The molecule has 1 saturated carbocycles. The van der Waals surface area contributed by atoms with Gasteiger partial charge in [0, 0.05) is 0 Å². The molecule has 8 heteroatoms. The summed E-state index contributed by atoms with van der Waals surface area (Å²) in [5.41, 5.74) is 0. The first-order valence-corrected chi connectivity index (χ1v) is 13.5. The van der Waals surface area contributed by atoms with Gasteiger partial charge in [0.2, 0.25) is 0 Å². The molecule has 1 fully saturated rings. The second kappa shape index (κ2) is 11.7. The van der Waals surface area contributed by atoms with E-state index in [0.717, 1.165) is 19.3 Å². The van der Waals surface area contributed by atoms with Gasteiger partial charge in [-0.25, -0.2) is 0 Å². The van der Waals surface area contributed by atoms with Gasteiger partial charge < -0.3 is 0 Å². The van der Waals surface area contributed by atoms with Crippen LogP contribution in [0.1, 0.15) is 60.8 Å². The van der Waals surface area contributed by atoms with E-state index in [-0.39, 0.29) is 6.10 Å². The summed E-state index contributed by atoms with van der Waals surface area (Å²) in [6, 6.07) is 6.82. The Kier molecular flexibility index (Phi) is 9.58. The molecule has 1 aromatic rings. The summed E-state index contributed by atoms with van der Waals surface area (Å²) in [5, 5.41) is 0. The van der Waals surface area contributed by atoms with Crippen molar-refractivity contribution in [1.29, 1.82) is 0 Å². The first kappa shape index (κ1) is 25.4. The van der Waals surface area contributed by atoms with Crippen LogP contribution in [0.3, 0.4) is 0 Å². The number of ether oxygens (including phenoxy) is 2. The second-order valence-corrected chi connectivity index (χ2v) is 11.6. The predicted molar refractivity (Wildman–Crippen MR) is 124 cm³/mol. The summed E-state index contributed by atoms with van der Waals surface area (Å²) in [4.78, 5) is 35.8. The van der Waals surface area contributed by atoms with E-state index in [4.69, 9.17) is 15.6 Å². The fourth-order valence-electron chi connectivity index (χ4n) is 3.70. The number of para-hydroxylation sites is 1. The van der Waals surface area contributed by atoms with Crippen molar-refractivity contribution in [3.63, 3.8) is 0 Å². The molecule has 0 heterocycles. The Morgan fingerprint density at radius 1 is 1.00 bits per heavy atom. The standard InChI is InChI=1S/C23H33IO7/c1-14(2)19-12-11-15(3)13-22(19)29-23(27)16(4)28-21-10-8-7-9-20(21)24(30-17(5)25)31-18(6)26/h7-10,14-16,19,22H,11-13H2,1-6H3/t15-,16-,19+,22-/m1/s1. The van der Waals surface area contributed by atoms with Crippen LogP contribution in [0.2, 0.25) is 0 Å². The molecule has 1 aliphatic carbocycles. The van der Waals surface area contributed by atoms with Gasteiger partial charge in [0.25, 0.3) is 0 Å². The van der Waals surface area contributed by atoms with Gasteiger partial charge in [0.1, 0.15) is 0 Å². The average Bonchev–Trinajstić information content (AvgIpc) is 2.67. The number of carbonyl (C=O) groups excluding carboxylic acids is 3. The minimum absolute atomic E-state index is 0.122. The van der Waals surface area contributed by atoms with Crippen molar-refractivity contribution in [2.24, 2.45) is 17.8 Å². The molecule has 31 heavy (non-hydrogen) atoms. The molecule has 0 saturated heterocycles. The summed E-state index contributed by atoms with van der Waals surface area (Å²) in [7, 11) is 0. The van der Waals surface area contributed by atoms with Crippen LogP contribution in [0.25, 0.3) is 0 Å². The molecule has 0 aromatic heterocycles. The van der Waals surface area contributed by atoms with E-state index >= 15 is 0 Å². The average molecular weight is 548 g/mol.